The molecule has 0 N–H and O–H groups in total. The molecule has 0 saturated carbocycles. The lowest BCUT2D eigenvalue weighted by Crippen LogP contribution is -2.03. The van der Waals surface area contributed by atoms with Gasteiger partial charge in [0.1, 0.15) is 17.2 Å². The fraction of sp³-hybridized carbons (Fsp3) is 0.133. The molecule has 2 nitrogen and oxygen atoms in total. The minimum Gasteiger partial charge on any atom is -0.293 e. The lowest BCUT2D eigenvalue weighted by molar-refractivity contribution is 0.626. The number of benzene rings is 2. The highest BCUT2D eigenvalue weighted by Gasteiger charge is 2.20. The van der Waals surface area contributed by atoms with Crippen molar-refractivity contribution in [2.75, 3.05) is 0 Å². The number of halogens is 4. The number of fused-ring (bicyclic) bond motifs is 1. The summed E-state index contributed by atoms with van der Waals surface area (Å²) in [6.45, 7) is 1.71. The quantitative estimate of drug-likeness (QED) is 0.587. The molecule has 2 aromatic carbocycles. The molecule has 1 heterocycles. The van der Waals surface area contributed by atoms with Gasteiger partial charge in [-0.3, -0.25) is 4.57 Å². The monoisotopic (exact) mass is 326 g/mol. The largest absolute Gasteiger partial charge is 0.293 e. The molecule has 108 valence electrons. The predicted octanol–water partition coefficient (Wildman–Crippen LogP) is 5.26. The molecule has 0 radical (unpaired) electrons. The van der Waals surface area contributed by atoms with E-state index in [2.05, 4.69) is 4.98 Å². The van der Waals surface area contributed by atoms with Crippen molar-refractivity contribution in [1.82, 2.24) is 9.55 Å². The van der Waals surface area contributed by atoms with Crippen molar-refractivity contribution in [1.29, 1.82) is 0 Å². The van der Waals surface area contributed by atoms with Crippen molar-refractivity contribution in [3.8, 4) is 5.69 Å². The Bertz CT molecular complexity index is 828. The number of hydrogen-bond acceptors (Lipinski definition) is 1. The van der Waals surface area contributed by atoms with Crippen molar-refractivity contribution < 1.29 is 8.78 Å². The van der Waals surface area contributed by atoms with Crippen molar-refractivity contribution in [3.05, 3.63) is 58.9 Å². The summed E-state index contributed by atoms with van der Waals surface area (Å²) in [6, 6.07) is 8.54. The lowest BCUT2D eigenvalue weighted by Gasteiger charge is -2.12. The number of alkyl halides is 1. The second-order valence-electron chi connectivity index (χ2n) is 4.62. The Kier molecular flexibility index (Phi) is 3.59. The molecule has 0 saturated heterocycles. The van der Waals surface area contributed by atoms with Gasteiger partial charge in [0, 0.05) is 0 Å². The molecule has 1 atom stereocenters. The minimum atomic E-state index is -0.490. The van der Waals surface area contributed by atoms with E-state index in [1.165, 1.54) is 24.3 Å². The highest BCUT2D eigenvalue weighted by molar-refractivity contribution is 6.32. The average Bonchev–Trinajstić information content (AvgIpc) is 2.82. The number of rotatable bonds is 2. The third kappa shape index (κ3) is 2.39. The molecule has 3 rings (SSSR count). The normalized spacial score (nSPS) is 12.8. The Hall–Kier alpha value is -1.65. The molecule has 1 aromatic heterocycles. The first-order valence-electron chi connectivity index (χ1n) is 6.25. The molecule has 0 amide bonds. The van der Waals surface area contributed by atoms with Crippen LogP contribution >= 0.6 is 23.2 Å². The number of aromatic nitrogens is 2. The second kappa shape index (κ2) is 5.28. The zero-order valence-corrected chi connectivity index (χ0v) is 12.5. The van der Waals surface area contributed by atoms with Crippen LogP contribution in [-0.4, -0.2) is 9.55 Å². The van der Waals surface area contributed by atoms with Crippen LogP contribution in [-0.2, 0) is 0 Å². The van der Waals surface area contributed by atoms with Gasteiger partial charge in [-0.15, -0.1) is 11.6 Å². The Morgan fingerprint density at radius 3 is 2.67 bits per heavy atom. The number of para-hydroxylation sites is 1. The summed E-state index contributed by atoms with van der Waals surface area (Å²) in [6.07, 6.45) is 0. The number of hydrogen-bond donors (Lipinski definition) is 0. The molecule has 0 bridgehead atoms. The molecule has 1 unspecified atom stereocenters. The van der Waals surface area contributed by atoms with Crippen LogP contribution in [0.25, 0.3) is 16.7 Å². The van der Waals surface area contributed by atoms with E-state index in [-0.39, 0.29) is 5.52 Å². The van der Waals surface area contributed by atoms with Crippen LogP contribution in [0.1, 0.15) is 18.1 Å². The van der Waals surface area contributed by atoms with Crippen LogP contribution in [0.5, 0.6) is 0 Å². The molecule has 6 heteroatoms. The van der Waals surface area contributed by atoms with E-state index in [4.69, 9.17) is 23.2 Å². The van der Waals surface area contributed by atoms with Gasteiger partial charge in [-0.05, 0) is 37.3 Å². The van der Waals surface area contributed by atoms with E-state index in [9.17, 15) is 8.78 Å². The van der Waals surface area contributed by atoms with Crippen LogP contribution in [0.2, 0.25) is 5.02 Å². The maximum atomic E-state index is 13.9. The second-order valence-corrected chi connectivity index (χ2v) is 5.69. The summed E-state index contributed by atoms with van der Waals surface area (Å²) >= 11 is 12.3. The number of imidazole rings is 1. The van der Waals surface area contributed by atoms with Gasteiger partial charge in [0.05, 0.1) is 21.6 Å². The van der Waals surface area contributed by atoms with Gasteiger partial charge >= 0.3 is 0 Å². The Balaban J connectivity index is 2.42. The molecule has 0 spiro atoms. The van der Waals surface area contributed by atoms with Gasteiger partial charge in [0.15, 0.2) is 5.82 Å². The third-order valence-corrected chi connectivity index (χ3v) is 3.68. The summed E-state index contributed by atoms with van der Waals surface area (Å²) in [5, 5.41) is -0.158. The third-order valence-electron chi connectivity index (χ3n) is 3.17. The first kappa shape index (κ1) is 14.3. The van der Waals surface area contributed by atoms with Crippen LogP contribution in [0.4, 0.5) is 8.78 Å². The highest BCUT2D eigenvalue weighted by Crippen LogP contribution is 2.32. The summed E-state index contributed by atoms with van der Waals surface area (Å²) < 4.78 is 29.0. The van der Waals surface area contributed by atoms with E-state index in [1.54, 1.807) is 23.6 Å². The first-order chi connectivity index (χ1) is 9.99. The summed E-state index contributed by atoms with van der Waals surface area (Å²) in [5.74, 6) is -0.498. The highest BCUT2D eigenvalue weighted by atomic mass is 35.5. The van der Waals surface area contributed by atoms with Crippen LogP contribution in [0.15, 0.2) is 36.4 Å². The number of nitrogens with zero attached hydrogens (tertiary/aromatic N) is 2. The van der Waals surface area contributed by atoms with E-state index in [1.807, 2.05) is 0 Å². The van der Waals surface area contributed by atoms with E-state index >= 15 is 0 Å². The van der Waals surface area contributed by atoms with E-state index in [0.717, 1.165) is 0 Å². The molecule has 0 aliphatic heterocycles. The maximum absolute atomic E-state index is 13.9. The van der Waals surface area contributed by atoms with Gasteiger partial charge in [-0.25, -0.2) is 13.8 Å². The SMILES string of the molecule is CC(Cl)c1nc2c(F)cccc2n1-c1cc(F)ccc1Cl. The maximum Gasteiger partial charge on any atom is 0.151 e. The van der Waals surface area contributed by atoms with Gasteiger partial charge in [0.2, 0.25) is 0 Å². The van der Waals surface area contributed by atoms with Crippen molar-refractivity contribution in [3.63, 3.8) is 0 Å². The van der Waals surface area contributed by atoms with E-state index in [0.29, 0.717) is 22.1 Å². The Labute approximate surface area is 129 Å². The van der Waals surface area contributed by atoms with Crippen molar-refractivity contribution in [2.24, 2.45) is 0 Å². The summed E-state index contributed by atoms with van der Waals surface area (Å²) in [5.41, 5.74) is 1.05. The van der Waals surface area contributed by atoms with Gasteiger partial charge in [-0.1, -0.05) is 17.7 Å². The lowest BCUT2D eigenvalue weighted by atomic mass is 10.2. The molecule has 21 heavy (non-hydrogen) atoms. The molecule has 3 aromatic rings. The average molecular weight is 327 g/mol. The smallest absolute Gasteiger partial charge is 0.151 e. The fourth-order valence-electron chi connectivity index (χ4n) is 2.26. The molecular weight excluding hydrogens is 317 g/mol. The zero-order valence-electron chi connectivity index (χ0n) is 10.9. The van der Waals surface area contributed by atoms with E-state index < -0.39 is 17.0 Å². The topological polar surface area (TPSA) is 17.8 Å². The summed E-state index contributed by atoms with van der Waals surface area (Å²) in [7, 11) is 0. The fourth-order valence-corrected chi connectivity index (χ4v) is 2.61. The van der Waals surface area contributed by atoms with Crippen LogP contribution in [0, 0.1) is 11.6 Å². The Morgan fingerprint density at radius 1 is 1.19 bits per heavy atom. The Morgan fingerprint density at radius 2 is 1.95 bits per heavy atom. The molecular formula is C15H10Cl2F2N2. The van der Waals surface area contributed by atoms with Gasteiger partial charge < -0.3 is 0 Å². The standard InChI is InChI=1S/C15H10Cl2F2N2/c1-8(16)15-20-14-11(19)3-2-4-12(14)21(15)13-7-9(18)5-6-10(13)17/h2-8H,1H3. The van der Waals surface area contributed by atoms with Crippen LogP contribution < -0.4 is 0 Å². The van der Waals surface area contributed by atoms with Crippen molar-refractivity contribution >= 4 is 34.2 Å². The molecule has 0 fully saturated rings. The first-order valence-corrected chi connectivity index (χ1v) is 7.07. The van der Waals surface area contributed by atoms with Crippen molar-refractivity contribution in [2.45, 2.75) is 12.3 Å². The summed E-state index contributed by atoms with van der Waals surface area (Å²) in [4.78, 5) is 4.23. The molecule has 0 aliphatic carbocycles. The van der Waals surface area contributed by atoms with Gasteiger partial charge in [0.25, 0.3) is 0 Å². The molecule has 0 aliphatic rings. The van der Waals surface area contributed by atoms with Gasteiger partial charge in [-0.2, -0.15) is 0 Å². The minimum absolute atomic E-state index is 0.181. The zero-order chi connectivity index (χ0) is 15.1. The predicted molar refractivity (Wildman–Crippen MR) is 80.3 cm³/mol. The van der Waals surface area contributed by atoms with Crippen LogP contribution in [0.3, 0.4) is 0 Å².